The number of piperidine rings is 1. The van der Waals surface area contributed by atoms with Gasteiger partial charge in [0, 0.05) is 12.0 Å². The quantitative estimate of drug-likeness (QED) is 0.832. The molecule has 3 rings (SSSR count). The van der Waals surface area contributed by atoms with E-state index in [0.717, 1.165) is 44.7 Å². The van der Waals surface area contributed by atoms with E-state index in [4.69, 9.17) is 0 Å². The molecule has 1 heterocycles. The first-order chi connectivity index (χ1) is 12.3. The second-order valence-electron chi connectivity index (χ2n) is 7.79. The van der Waals surface area contributed by atoms with E-state index >= 15 is 0 Å². The van der Waals surface area contributed by atoms with Crippen molar-refractivity contribution in [1.29, 1.82) is 0 Å². The highest BCUT2D eigenvalue weighted by atomic mass is 19.4. The van der Waals surface area contributed by atoms with E-state index in [0.29, 0.717) is 18.4 Å². The van der Waals surface area contributed by atoms with Gasteiger partial charge < -0.3 is 10.6 Å². The van der Waals surface area contributed by atoms with Crippen molar-refractivity contribution in [2.45, 2.75) is 69.6 Å². The molecule has 1 saturated carbocycles. The zero-order valence-corrected chi connectivity index (χ0v) is 15.2. The number of nitrogens with one attached hydrogen (secondary N) is 2. The highest BCUT2D eigenvalue weighted by molar-refractivity contribution is 5.80. The summed E-state index contributed by atoms with van der Waals surface area (Å²) in [5.41, 5.74) is -0.739. The maximum Gasteiger partial charge on any atom is 0.416 e. The molecule has 2 N–H and O–H groups in total. The summed E-state index contributed by atoms with van der Waals surface area (Å²) in [7, 11) is 0. The van der Waals surface area contributed by atoms with Crippen LogP contribution in [0.3, 0.4) is 0 Å². The van der Waals surface area contributed by atoms with Crippen molar-refractivity contribution in [3.8, 4) is 0 Å². The van der Waals surface area contributed by atoms with Crippen LogP contribution in [0.25, 0.3) is 0 Å². The van der Waals surface area contributed by atoms with Crippen LogP contribution in [-0.2, 0) is 16.5 Å². The van der Waals surface area contributed by atoms with Crippen LogP contribution in [0.4, 0.5) is 13.2 Å². The van der Waals surface area contributed by atoms with Gasteiger partial charge in [0.05, 0.1) is 11.1 Å². The number of hydrogen-bond donors (Lipinski definition) is 2. The van der Waals surface area contributed by atoms with Gasteiger partial charge in [0.15, 0.2) is 0 Å². The van der Waals surface area contributed by atoms with Crippen molar-refractivity contribution in [1.82, 2.24) is 10.6 Å². The zero-order chi connectivity index (χ0) is 18.8. The van der Waals surface area contributed by atoms with Crippen LogP contribution in [0.15, 0.2) is 24.3 Å². The van der Waals surface area contributed by atoms with Gasteiger partial charge in [-0.15, -0.1) is 0 Å². The molecule has 144 valence electrons. The third-order valence-electron chi connectivity index (χ3n) is 5.81. The van der Waals surface area contributed by atoms with Crippen LogP contribution >= 0.6 is 0 Å². The molecule has 1 aliphatic heterocycles. The molecule has 1 aromatic rings. The molecule has 0 bridgehead atoms. The third kappa shape index (κ3) is 4.22. The summed E-state index contributed by atoms with van der Waals surface area (Å²) in [6, 6.07) is 5.78. The Morgan fingerprint density at radius 3 is 2.62 bits per heavy atom. The molecule has 0 aromatic heterocycles. The van der Waals surface area contributed by atoms with Crippen LogP contribution in [0.1, 0.15) is 63.0 Å². The lowest BCUT2D eigenvalue weighted by atomic mass is 9.75. The second-order valence-corrected chi connectivity index (χ2v) is 7.79. The number of hydrogen-bond acceptors (Lipinski definition) is 2. The summed E-state index contributed by atoms with van der Waals surface area (Å²) in [5, 5.41) is 6.51. The molecule has 26 heavy (non-hydrogen) atoms. The fourth-order valence-electron chi connectivity index (χ4n) is 4.34. The minimum absolute atomic E-state index is 0.0161. The highest BCUT2D eigenvalue weighted by Gasteiger charge is 2.39. The van der Waals surface area contributed by atoms with E-state index in [-0.39, 0.29) is 17.9 Å². The predicted octanol–water partition coefficient (Wildman–Crippen LogP) is 4.37. The lowest BCUT2D eigenvalue weighted by molar-refractivity contribution is -0.137. The first-order valence-electron chi connectivity index (χ1n) is 9.53. The van der Waals surface area contributed by atoms with Crippen LogP contribution in [0.2, 0.25) is 0 Å². The molecular formula is C20H27F3N2O. The van der Waals surface area contributed by atoms with Crippen molar-refractivity contribution in [3.05, 3.63) is 35.4 Å². The largest absolute Gasteiger partial charge is 0.416 e. The molecule has 0 radical (unpaired) electrons. The smallest absolute Gasteiger partial charge is 0.346 e. The Bertz CT molecular complexity index is 638. The average Bonchev–Trinajstić information content (AvgIpc) is 2.62. The molecule has 1 aliphatic carbocycles. The first-order valence-corrected chi connectivity index (χ1v) is 9.53. The number of amides is 1. The van der Waals surface area contributed by atoms with E-state index in [9.17, 15) is 18.0 Å². The van der Waals surface area contributed by atoms with E-state index in [1.807, 2.05) is 0 Å². The first kappa shape index (κ1) is 19.2. The molecule has 6 heteroatoms. The fourth-order valence-corrected chi connectivity index (χ4v) is 4.34. The van der Waals surface area contributed by atoms with Gasteiger partial charge in [-0.05, 0) is 56.8 Å². The highest BCUT2D eigenvalue weighted by Crippen LogP contribution is 2.40. The summed E-state index contributed by atoms with van der Waals surface area (Å²) in [4.78, 5) is 12.9. The lowest BCUT2D eigenvalue weighted by Crippen LogP contribution is -2.51. The van der Waals surface area contributed by atoms with Gasteiger partial charge in [-0.2, -0.15) is 13.2 Å². The molecule has 2 fully saturated rings. The average molecular weight is 368 g/mol. The van der Waals surface area contributed by atoms with E-state index < -0.39 is 17.3 Å². The van der Waals surface area contributed by atoms with E-state index in [1.54, 1.807) is 6.07 Å². The molecule has 3 nitrogen and oxygen atoms in total. The standard InChI is InChI=1S/C20H27F3N2O/c1-14-12-15(8-11-24-14)18(26)25-19(9-3-2-4-10-19)16-6-5-7-17(13-16)20(21,22)23/h5-7,13-15,24H,2-4,8-12H2,1H3,(H,25,26)/t14-,15-/m0/s1. The number of carbonyl (C=O) groups is 1. The number of halogens is 3. The summed E-state index contributed by atoms with van der Waals surface area (Å²) in [6.07, 6.45) is 1.44. The zero-order valence-electron chi connectivity index (χ0n) is 15.2. The van der Waals surface area contributed by atoms with Gasteiger partial charge in [-0.1, -0.05) is 31.4 Å². The molecular weight excluding hydrogens is 341 g/mol. The SMILES string of the molecule is C[C@H]1C[C@@H](C(=O)NC2(c3cccc(C(F)(F)F)c3)CCCCC2)CCN1. The minimum Gasteiger partial charge on any atom is -0.346 e. The lowest BCUT2D eigenvalue weighted by Gasteiger charge is -2.40. The van der Waals surface area contributed by atoms with Crippen molar-refractivity contribution < 1.29 is 18.0 Å². The van der Waals surface area contributed by atoms with Gasteiger partial charge in [-0.25, -0.2) is 0 Å². The predicted molar refractivity (Wildman–Crippen MR) is 94.5 cm³/mol. The molecule has 1 saturated heterocycles. The summed E-state index contributed by atoms with van der Waals surface area (Å²) >= 11 is 0. The van der Waals surface area contributed by atoms with E-state index in [1.165, 1.54) is 12.1 Å². The van der Waals surface area contributed by atoms with Crippen LogP contribution in [-0.4, -0.2) is 18.5 Å². The number of benzene rings is 1. The van der Waals surface area contributed by atoms with Gasteiger partial charge >= 0.3 is 6.18 Å². The Kier molecular flexibility index (Phi) is 5.61. The van der Waals surface area contributed by atoms with Gasteiger partial charge in [0.2, 0.25) is 5.91 Å². The summed E-state index contributed by atoms with van der Waals surface area (Å²) in [6.45, 7) is 2.86. The third-order valence-corrected chi connectivity index (χ3v) is 5.81. The molecule has 1 aromatic carbocycles. The topological polar surface area (TPSA) is 41.1 Å². The summed E-state index contributed by atoms with van der Waals surface area (Å²) < 4.78 is 39.5. The molecule has 2 atom stereocenters. The van der Waals surface area contributed by atoms with Crippen molar-refractivity contribution in [2.75, 3.05) is 6.54 Å². The maximum absolute atomic E-state index is 13.2. The van der Waals surface area contributed by atoms with Crippen LogP contribution < -0.4 is 10.6 Å². The monoisotopic (exact) mass is 368 g/mol. The molecule has 0 unspecified atom stereocenters. The van der Waals surface area contributed by atoms with Crippen molar-refractivity contribution >= 4 is 5.91 Å². The summed E-state index contributed by atoms with van der Waals surface area (Å²) in [5.74, 6) is -0.0893. The molecule has 2 aliphatic rings. The maximum atomic E-state index is 13.2. The Hall–Kier alpha value is -1.56. The number of alkyl halides is 3. The number of rotatable bonds is 3. The van der Waals surface area contributed by atoms with Crippen LogP contribution in [0, 0.1) is 5.92 Å². The van der Waals surface area contributed by atoms with Crippen LogP contribution in [0.5, 0.6) is 0 Å². The fraction of sp³-hybridized carbons (Fsp3) is 0.650. The van der Waals surface area contributed by atoms with Gasteiger partial charge in [-0.3, -0.25) is 4.79 Å². The normalized spacial score (nSPS) is 26.3. The Labute approximate surface area is 152 Å². The molecule has 1 amide bonds. The molecule has 0 spiro atoms. The Balaban J connectivity index is 1.86. The Morgan fingerprint density at radius 1 is 1.23 bits per heavy atom. The van der Waals surface area contributed by atoms with Gasteiger partial charge in [0.25, 0.3) is 0 Å². The van der Waals surface area contributed by atoms with Gasteiger partial charge in [0.1, 0.15) is 0 Å². The van der Waals surface area contributed by atoms with Crippen molar-refractivity contribution in [3.63, 3.8) is 0 Å². The second kappa shape index (κ2) is 7.59. The van der Waals surface area contributed by atoms with Crippen molar-refractivity contribution in [2.24, 2.45) is 5.92 Å². The Morgan fingerprint density at radius 2 is 1.96 bits per heavy atom. The minimum atomic E-state index is -4.37. The van der Waals surface area contributed by atoms with E-state index in [2.05, 4.69) is 17.6 Å². The number of carbonyl (C=O) groups excluding carboxylic acids is 1.